The predicted octanol–water partition coefficient (Wildman–Crippen LogP) is 3.43. The average molecular weight is 313 g/mol. The van der Waals surface area contributed by atoms with E-state index in [-0.39, 0.29) is 11.6 Å². The highest BCUT2D eigenvalue weighted by Crippen LogP contribution is 2.31. The zero-order valence-electron chi connectivity index (χ0n) is 11.6. The molecule has 0 saturated heterocycles. The van der Waals surface area contributed by atoms with Gasteiger partial charge in [0.2, 0.25) is 0 Å². The number of benzene rings is 1. The molecule has 22 heavy (non-hydrogen) atoms. The molecule has 0 bridgehead atoms. The summed E-state index contributed by atoms with van der Waals surface area (Å²) in [6.45, 7) is 0. The smallest absolute Gasteiger partial charge is 0.274 e. The Hall–Kier alpha value is -2.58. The van der Waals surface area contributed by atoms with E-state index in [2.05, 4.69) is 15.6 Å². The second-order valence-electron chi connectivity index (χ2n) is 5.11. The van der Waals surface area contributed by atoms with Crippen molar-refractivity contribution in [2.45, 2.75) is 18.9 Å². The zero-order valence-corrected chi connectivity index (χ0v) is 12.4. The van der Waals surface area contributed by atoms with E-state index in [4.69, 9.17) is 16.9 Å². The van der Waals surface area contributed by atoms with Crippen molar-refractivity contribution in [2.75, 3.05) is 10.6 Å². The third-order valence-electron chi connectivity index (χ3n) is 3.29. The third kappa shape index (κ3) is 3.35. The van der Waals surface area contributed by atoms with Gasteiger partial charge in [-0.25, -0.2) is 4.98 Å². The van der Waals surface area contributed by atoms with Crippen LogP contribution in [0.3, 0.4) is 0 Å². The fourth-order valence-corrected chi connectivity index (χ4v) is 2.15. The number of pyridine rings is 1. The van der Waals surface area contributed by atoms with Crippen molar-refractivity contribution in [3.63, 3.8) is 0 Å². The summed E-state index contributed by atoms with van der Waals surface area (Å²) < 4.78 is 0. The van der Waals surface area contributed by atoms with E-state index in [1.165, 1.54) is 12.3 Å². The molecule has 1 aliphatic carbocycles. The van der Waals surface area contributed by atoms with E-state index in [0.717, 1.165) is 18.5 Å². The van der Waals surface area contributed by atoms with Crippen LogP contribution in [0.2, 0.25) is 5.02 Å². The maximum atomic E-state index is 12.3. The molecule has 0 unspecified atom stereocenters. The summed E-state index contributed by atoms with van der Waals surface area (Å²) in [6, 6.07) is 10.8. The van der Waals surface area contributed by atoms with Gasteiger partial charge in [-0.05, 0) is 43.2 Å². The molecule has 6 heteroatoms. The number of hydrogen-bond donors (Lipinski definition) is 2. The van der Waals surface area contributed by atoms with Gasteiger partial charge in [-0.1, -0.05) is 11.6 Å². The molecule has 2 N–H and O–H groups in total. The summed E-state index contributed by atoms with van der Waals surface area (Å²) in [7, 11) is 0. The number of anilines is 2. The molecule has 0 radical (unpaired) electrons. The van der Waals surface area contributed by atoms with Crippen molar-refractivity contribution in [3.8, 4) is 6.07 Å². The van der Waals surface area contributed by atoms with Crippen LogP contribution in [0.15, 0.2) is 36.5 Å². The molecule has 5 nitrogen and oxygen atoms in total. The van der Waals surface area contributed by atoms with Crippen LogP contribution in [-0.4, -0.2) is 16.9 Å². The van der Waals surface area contributed by atoms with Crippen LogP contribution in [0.25, 0.3) is 0 Å². The Kier molecular flexibility index (Phi) is 3.94. The van der Waals surface area contributed by atoms with Crippen molar-refractivity contribution < 1.29 is 4.79 Å². The number of amides is 1. The minimum Gasteiger partial charge on any atom is -0.381 e. The molecule has 0 spiro atoms. The van der Waals surface area contributed by atoms with Gasteiger partial charge >= 0.3 is 0 Å². The van der Waals surface area contributed by atoms with Crippen LogP contribution in [0.4, 0.5) is 11.4 Å². The van der Waals surface area contributed by atoms with Crippen LogP contribution in [0, 0.1) is 11.3 Å². The van der Waals surface area contributed by atoms with Crippen LogP contribution >= 0.6 is 11.6 Å². The van der Waals surface area contributed by atoms with Gasteiger partial charge in [0.1, 0.15) is 11.8 Å². The lowest BCUT2D eigenvalue weighted by atomic mass is 10.2. The molecule has 1 fully saturated rings. The van der Waals surface area contributed by atoms with Crippen molar-refractivity contribution in [3.05, 3.63) is 52.8 Å². The summed E-state index contributed by atoms with van der Waals surface area (Å²) in [5, 5.41) is 15.4. The highest BCUT2D eigenvalue weighted by Gasteiger charge is 2.22. The number of nitriles is 1. The van der Waals surface area contributed by atoms with E-state index in [1.807, 2.05) is 12.1 Å². The van der Waals surface area contributed by atoms with Gasteiger partial charge in [-0.15, -0.1) is 0 Å². The molecular weight excluding hydrogens is 300 g/mol. The number of carbonyl (C=O) groups excluding carboxylic acids is 1. The van der Waals surface area contributed by atoms with Crippen molar-refractivity contribution in [2.24, 2.45) is 0 Å². The summed E-state index contributed by atoms with van der Waals surface area (Å²) in [5.41, 5.74) is 2.12. The van der Waals surface area contributed by atoms with Crippen LogP contribution in [0.5, 0.6) is 0 Å². The van der Waals surface area contributed by atoms with Crippen molar-refractivity contribution >= 4 is 28.9 Å². The highest BCUT2D eigenvalue weighted by molar-refractivity contribution is 6.31. The first-order chi connectivity index (χ1) is 10.7. The van der Waals surface area contributed by atoms with E-state index < -0.39 is 0 Å². The number of carbonyl (C=O) groups is 1. The Morgan fingerprint density at radius 1 is 1.27 bits per heavy atom. The van der Waals surface area contributed by atoms with E-state index in [9.17, 15) is 4.79 Å². The lowest BCUT2D eigenvalue weighted by molar-refractivity contribution is 0.102. The molecule has 2 aromatic rings. The molecule has 1 heterocycles. The standard InChI is InChI=1S/C16H13ClN4O/c17-11-2-6-13(20-12-3-4-12)15(7-11)21-16(22)14-5-1-10(8-18)9-19-14/h1-2,5-7,9,12,20H,3-4H2,(H,21,22). The molecule has 1 aromatic carbocycles. The molecule has 1 amide bonds. The maximum Gasteiger partial charge on any atom is 0.274 e. The van der Waals surface area contributed by atoms with Crippen molar-refractivity contribution in [1.82, 2.24) is 4.98 Å². The summed E-state index contributed by atoms with van der Waals surface area (Å²) in [4.78, 5) is 16.2. The fraction of sp³-hybridized carbons (Fsp3) is 0.188. The van der Waals surface area contributed by atoms with E-state index in [1.54, 1.807) is 18.2 Å². The van der Waals surface area contributed by atoms with Crippen LogP contribution in [0.1, 0.15) is 28.9 Å². The number of nitrogens with zero attached hydrogens (tertiary/aromatic N) is 2. The Bertz CT molecular complexity index is 748. The second kappa shape index (κ2) is 6.04. The molecule has 1 aromatic heterocycles. The van der Waals surface area contributed by atoms with Crippen LogP contribution < -0.4 is 10.6 Å². The SMILES string of the molecule is N#Cc1ccc(C(=O)Nc2cc(Cl)ccc2NC2CC2)nc1. The zero-order chi connectivity index (χ0) is 15.5. The van der Waals surface area contributed by atoms with E-state index >= 15 is 0 Å². The van der Waals surface area contributed by atoms with Gasteiger partial charge in [0.05, 0.1) is 16.9 Å². The Labute approximate surface area is 132 Å². The summed E-state index contributed by atoms with van der Waals surface area (Å²) in [5.74, 6) is -0.342. The van der Waals surface area contributed by atoms with Gasteiger partial charge < -0.3 is 10.6 Å². The van der Waals surface area contributed by atoms with Crippen molar-refractivity contribution in [1.29, 1.82) is 5.26 Å². The molecule has 3 rings (SSSR count). The maximum absolute atomic E-state index is 12.3. The largest absolute Gasteiger partial charge is 0.381 e. The predicted molar refractivity (Wildman–Crippen MR) is 85.0 cm³/mol. The lowest BCUT2D eigenvalue weighted by Gasteiger charge is -2.13. The van der Waals surface area contributed by atoms with E-state index in [0.29, 0.717) is 22.3 Å². The monoisotopic (exact) mass is 312 g/mol. The molecule has 1 aliphatic rings. The first-order valence-electron chi connectivity index (χ1n) is 6.89. The third-order valence-corrected chi connectivity index (χ3v) is 3.53. The molecule has 1 saturated carbocycles. The normalized spacial score (nSPS) is 13.3. The molecule has 110 valence electrons. The van der Waals surface area contributed by atoms with Gasteiger partial charge in [0.25, 0.3) is 5.91 Å². The van der Waals surface area contributed by atoms with Gasteiger partial charge in [-0.3, -0.25) is 4.79 Å². The van der Waals surface area contributed by atoms with Gasteiger partial charge in [-0.2, -0.15) is 5.26 Å². The quantitative estimate of drug-likeness (QED) is 0.906. The Balaban J connectivity index is 1.80. The van der Waals surface area contributed by atoms with Gasteiger partial charge in [0, 0.05) is 17.3 Å². The summed E-state index contributed by atoms with van der Waals surface area (Å²) >= 11 is 6.01. The number of hydrogen-bond acceptors (Lipinski definition) is 4. The number of nitrogens with one attached hydrogen (secondary N) is 2. The highest BCUT2D eigenvalue weighted by atomic mass is 35.5. The van der Waals surface area contributed by atoms with Gasteiger partial charge in [0.15, 0.2) is 0 Å². The lowest BCUT2D eigenvalue weighted by Crippen LogP contribution is -2.15. The molecular formula is C16H13ClN4O. The second-order valence-corrected chi connectivity index (χ2v) is 5.54. The summed E-state index contributed by atoms with van der Waals surface area (Å²) in [6.07, 6.45) is 3.64. The first kappa shape index (κ1) is 14.4. The Morgan fingerprint density at radius 2 is 2.09 bits per heavy atom. The number of aromatic nitrogens is 1. The first-order valence-corrected chi connectivity index (χ1v) is 7.27. The molecule has 0 aliphatic heterocycles. The minimum atomic E-state index is -0.342. The minimum absolute atomic E-state index is 0.247. The Morgan fingerprint density at radius 3 is 2.73 bits per heavy atom. The fourth-order valence-electron chi connectivity index (χ4n) is 1.97. The average Bonchev–Trinajstić information content (AvgIpc) is 3.34. The topological polar surface area (TPSA) is 77.8 Å². The number of halogens is 1. The molecule has 0 atom stereocenters. The number of rotatable bonds is 4. The van der Waals surface area contributed by atoms with Crippen LogP contribution in [-0.2, 0) is 0 Å².